The van der Waals surface area contributed by atoms with Gasteiger partial charge in [-0.3, -0.25) is 4.79 Å². The number of hydrogen-bond donors (Lipinski definition) is 3. The summed E-state index contributed by atoms with van der Waals surface area (Å²) in [4.78, 5) is 11.8. The molecule has 1 aliphatic carbocycles. The summed E-state index contributed by atoms with van der Waals surface area (Å²) < 4.78 is 27.8. The van der Waals surface area contributed by atoms with Gasteiger partial charge in [-0.2, -0.15) is 4.31 Å². The molecule has 0 saturated heterocycles. The van der Waals surface area contributed by atoms with Gasteiger partial charge in [-0.25, -0.2) is 8.42 Å². The van der Waals surface area contributed by atoms with Gasteiger partial charge in [0.1, 0.15) is 4.21 Å². The van der Waals surface area contributed by atoms with E-state index in [-0.39, 0.29) is 22.7 Å². The van der Waals surface area contributed by atoms with Gasteiger partial charge in [0.05, 0.1) is 12.5 Å². The molecule has 0 saturated carbocycles. The Morgan fingerprint density at radius 3 is 2.45 bits per heavy atom. The van der Waals surface area contributed by atoms with E-state index in [1.165, 1.54) is 22.5 Å². The molecule has 0 unspecified atom stereocenters. The topological polar surface area (TPSA) is 107 Å². The molecule has 38 heavy (non-hydrogen) atoms. The van der Waals surface area contributed by atoms with Crippen molar-refractivity contribution in [3.8, 4) is 10.4 Å². The summed E-state index contributed by atoms with van der Waals surface area (Å²) >= 11 is 1.13. The van der Waals surface area contributed by atoms with Gasteiger partial charge < -0.3 is 15.5 Å². The molecule has 2 aromatic carbocycles. The van der Waals surface area contributed by atoms with Crippen LogP contribution in [0.2, 0.25) is 0 Å². The fourth-order valence-corrected chi connectivity index (χ4v) is 7.94. The normalized spacial score (nSPS) is 15.1. The second kappa shape index (κ2) is 11.7. The standard InChI is InChI=1S/C29H36N2O5S2/c1-29(2,17-21-14-22-8-4-5-9-23(22)15-21)30-18-25(32)19-31(3)38(35,36)28-12-11-26(37-28)24-10-6-7-20(13-24)16-27(33)34/h4-13,21,25,30,32H,14-19H2,1-3H3,(H,33,34)/t25-/m1/s1. The minimum atomic E-state index is -3.78. The highest BCUT2D eigenvalue weighted by Crippen LogP contribution is 2.33. The number of hydrogen-bond acceptors (Lipinski definition) is 6. The Balaban J connectivity index is 1.31. The molecule has 9 heteroatoms. The summed E-state index contributed by atoms with van der Waals surface area (Å²) in [5, 5.41) is 23.2. The SMILES string of the molecule is CN(C[C@H](O)CNC(C)(C)CC1Cc2ccccc2C1)S(=O)(=O)c1ccc(-c2cccc(CC(=O)O)c2)s1. The summed E-state index contributed by atoms with van der Waals surface area (Å²) in [6.45, 7) is 4.52. The van der Waals surface area contributed by atoms with Crippen molar-refractivity contribution < 1.29 is 23.4 Å². The van der Waals surface area contributed by atoms with Gasteiger partial charge in [-0.05, 0) is 79.5 Å². The first-order valence-electron chi connectivity index (χ1n) is 12.8. The van der Waals surface area contributed by atoms with E-state index < -0.39 is 22.1 Å². The van der Waals surface area contributed by atoms with Gasteiger partial charge in [0.2, 0.25) is 0 Å². The number of benzene rings is 2. The van der Waals surface area contributed by atoms with Gasteiger partial charge >= 0.3 is 5.97 Å². The van der Waals surface area contributed by atoms with Gasteiger partial charge in [-0.15, -0.1) is 11.3 Å². The van der Waals surface area contributed by atoms with Crippen LogP contribution in [0.15, 0.2) is 64.9 Å². The van der Waals surface area contributed by atoms with Crippen molar-refractivity contribution in [1.82, 2.24) is 9.62 Å². The highest BCUT2D eigenvalue weighted by Gasteiger charge is 2.30. The fourth-order valence-electron chi connectivity index (χ4n) is 5.22. The molecule has 1 atom stereocenters. The third-order valence-corrected chi connectivity index (χ3v) is 10.5. The van der Waals surface area contributed by atoms with E-state index >= 15 is 0 Å². The number of thiophene rings is 1. The maximum absolute atomic E-state index is 13.2. The van der Waals surface area contributed by atoms with Crippen molar-refractivity contribution in [1.29, 1.82) is 0 Å². The van der Waals surface area contributed by atoms with E-state index in [1.54, 1.807) is 30.3 Å². The van der Waals surface area contributed by atoms with Crippen LogP contribution in [0.4, 0.5) is 0 Å². The van der Waals surface area contributed by atoms with Crippen molar-refractivity contribution in [2.24, 2.45) is 5.92 Å². The molecule has 1 aliphatic rings. The number of fused-ring (bicyclic) bond motifs is 1. The molecule has 3 aromatic rings. The van der Waals surface area contributed by atoms with E-state index in [9.17, 15) is 18.3 Å². The van der Waals surface area contributed by atoms with Crippen molar-refractivity contribution >= 4 is 27.3 Å². The van der Waals surface area contributed by atoms with E-state index in [0.29, 0.717) is 18.0 Å². The predicted molar refractivity (Wildman–Crippen MR) is 151 cm³/mol. The molecular formula is C29H36N2O5S2. The molecule has 0 aliphatic heterocycles. The molecule has 0 spiro atoms. The molecule has 0 bridgehead atoms. The molecule has 0 amide bonds. The van der Waals surface area contributed by atoms with Crippen LogP contribution in [0.3, 0.4) is 0 Å². The molecular weight excluding hydrogens is 520 g/mol. The highest BCUT2D eigenvalue weighted by atomic mass is 32.2. The number of sulfonamides is 1. The summed E-state index contributed by atoms with van der Waals surface area (Å²) in [6.07, 6.45) is 2.15. The van der Waals surface area contributed by atoms with Gasteiger partial charge in [0, 0.05) is 30.6 Å². The first-order chi connectivity index (χ1) is 17.9. The van der Waals surface area contributed by atoms with Crippen LogP contribution >= 0.6 is 11.3 Å². The number of aliphatic carboxylic acids is 1. The lowest BCUT2D eigenvalue weighted by molar-refractivity contribution is -0.136. The summed E-state index contributed by atoms with van der Waals surface area (Å²) in [5.74, 6) is -0.369. The maximum atomic E-state index is 13.2. The third-order valence-electron chi connectivity index (χ3n) is 7.03. The Morgan fingerprint density at radius 1 is 1.11 bits per heavy atom. The molecule has 0 fully saturated rings. The zero-order chi connectivity index (χ0) is 27.5. The Bertz CT molecular complexity index is 1360. The minimum absolute atomic E-state index is 0.0262. The third kappa shape index (κ3) is 7.09. The van der Waals surface area contributed by atoms with E-state index in [4.69, 9.17) is 5.11 Å². The highest BCUT2D eigenvalue weighted by molar-refractivity contribution is 7.91. The van der Waals surface area contributed by atoms with Gasteiger partial charge in [0.15, 0.2) is 0 Å². The Kier molecular flexibility index (Phi) is 8.74. The number of rotatable bonds is 12. The van der Waals surface area contributed by atoms with Crippen molar-refractivity contribution in [2.45, 2.75) is 55.4 Å². The number of likely N-dealkylation sites (N-methyl/N-ethyl adjacent to an activating group) is 1. The molecule has 4 rings (SSSR count). The molecule has 204 valence electrons. The number of carbonyl (C=O) groups is 1. The fraction of sp³-hybridized carbons (Fsp3) is 0.414. The van der Waals surface area contributed by atoms with Crippen LogP contribution in [0, 0.1) is 5.92 Å². The number of aliphatic hydroxyl groups is 1. The van der Waals surface area contributed by atoms with Crippen molar-refractivity contribution in [2.75, 3.05) is 20.1 Å². The Morgan fingerprint density at radius 2 is 1.79 bits per heavy atom. The van der Waals surface area contributed by atoms with Crippen LogP contribution in [0.5, 0.6) is 0 Å². The number of carboxylic acids is 1. The molecule has 1 aromatic heterocycles. The maximum Gasteiger partial charge on any atom is 0.307 e. The number of carboxylic acid groups (broad SMARTS) is 1. The van der Waals surface area contributed by atoms with E-state index in [2.05, 4.69) is 43.4 Å². The largest absolute Gasteiger partial charge is 0.481 e. The van der Waals surface area contributed by atoms with Crippen LogP contribution in [0.25, 0.3) is 10.4 Å². The van der Waals surface area contributed by atoms with Crippen molar-refractivity contribution in [3.63, 3.8) is 0 Å². The second-order valence-electron chi connectivity index (χ2n) is 10.8. The van der Waals surface area contributed by atoms with E-state index in [0.717, 1.165) is 41.0 Å². The van der Waals surface area contributed by atoms with Gasteiger partial charge in [0.25, 0.3) is 10.0 Å². The van der Waals surface area contributed by atoms with Crippen molar-refractivity contribution in [3.05, 3.63) is 77.4 Å². The Hall–Kier alpha value is -2.56. The molecule has 3 N–H and O–H groups in total. The molecule has 7 nitrogen and oxygen atoms in total. The number of aliphatic hydroxyl groups excluding tert-OH is 1. The average molecular weight is 557 g/mol. The lowest BCUT2D eigenvalue weighted by Gasteiger charge is -2.31. The second-order valence-corrected chi connectivity index (χ2v) is 14.2. The number of nitrogens with zero attached hydrogens (tertiary/aromatic N) is 1. The quantitative estimate of drug-likeness (QED) is 0.309. The van der Waals surface area contributed by atoms with Crippen LogP contribution in [0.1, 0.15) is 37.0 Å². The van der Waals surface area contributed by atoms with Crippen LogP contribution in [-0.4, -0.2) is 60.7 Å². The Labute approximate surface area is 229 Å². The lowest BCUT2D eigenvalue weighted by Crippen LogP contribution is -2.47. The average Bonchev–Trinajstić information content (AvgIpc) is 3.50. The number of β-amino-alcohol motifs (C(OH)–C–C–N with tert-alkyl or cyclic N) is 1. The molecule has 0 radical (unpaired) electrons. The monoisotopic (exact) mass is 556 g/mol. The lowest BCUT2D eigenvalue weighted by atomic mass is 9.88. The smallest absolute Gasteiger partial charge is 0.307 e. The minimum Gasteiger partial charge on any atom is -0.481 e. The van der Waals surface area contributed by atoms with Crippen LogP contribution < -0.4 is 5.32 Å². The summed E-state index contributed by atoms with van der Waals surface area (Å²) in [5.41, 5.74) is 4.08. The zero-order valence-corrected chi connectivity index (χ0v) is 23.7. The summed E-state index contributed by atoms with van der Waals surface area (Å²) in [6, 6.07) is 19.0. The zero-order valence-electron chi connectivity index (χ0n) is 22.1. The molecule has 1 heterocycles. The predicted octanol–water partition coefficient (Wildman–Crippen LogP) is 4.20. The number of nitrogens with one attached hydrogen (secondary N) is 1. The first kappa shape index (κ1) is 28.4. The first-order valence-corrected chi connectivity index (χ1v) is 15.1. The van der Waals surface area contributed by atoms with E-state index in [1.807, 2.05) is 6.07 Å². The van der Waals surface area contributed by atoms with Gasteiger partial charge in [-0.1, -0.05) is 42.5 Å². The van der Waals surface area contributed by atoms with Crippen LogP contribution in [-0.2, 0) is 34.1 Å². The summed E-state index contributed by atoms with van der Waals surface area (Å²) in [7, 11) is -2.30.